The first-order valence-electron chi connectivity index (χ1n) is 3.34. The van der Waals surface area contributed by atoms with E-state index in [9.17, 15) is 0 Å². The molecule has 1 rings (SSSR count). The Morgan fingerprint density at radius 2 is 2.38 bits per heavy atom. The molecule has 0 aromatic heterocycles. The predicted octanol–water partition coefficient (Wildman–Crippen LogP) is 1.41. The van der Waals surface area contributed by atoms with Crippen LogP contribution in [0.5, 0.6) is 0 Å². The zero-order valence-corrected chi connectivity index (χ0v) is 5.65. The quantitative estimate of drug-likeness (QED) is 0.575. The predicted molar refractivity (Wildman–Crippen MR) is 33.6 cm³/mol. The molecule has 1 aliphatic carbocycles. The first kappa shape index (κ1) is 6.09. The Balaban J connectivity index is 2.31. The van der Waals surface area contributed by atoms with Gasteiger partial charge < -0.3 is 5.11 Å². The van der Waals surface area contributed by atoms with E-state index in [2.05, 4.69) is 13.8 Å². The molecule has 1 saturated carbocycles. The van der Waals surface area contributed by atoms with E-state index in [1.54, 1.807) is 0 Å². The average Bonchev–Trinajstić information content (AvgIpc) is 2.44. The molecule has 0 aromatic carbocycles. The highest BCUT2D eigenvalue weighted by Crippen LogP contribution is 2.54. The first-order chi connectivity index (χ1) is 3.73. The molecule has 2 atom stereocenters. The van der Waals surface area contributed by atoms with Crippen LogP contribution in [0.25, 0.3) is 0 Å². The Morgan fingerprint density at radius 1 is 1.75 bits per heavy atom. The molecule has 0 heterocycles. The van der Waals surface area contributed by atoms with Gasteiger partial charge in [0, 0.05) is 6.61 Å². The van der Waals surface area contributed by atoms with Gasteiger partial charge in [0.25, 0.3) is 0 Å². The lowest BCUT2D eigenvalue weighted by atomic mass is 10.0. The largest absolute Gasteiger partial charge is 0.396 e. The monoisotopic (exact) mass is 114 g/mol. The number of aliphatic hydroxyl groups is 1. The van der Waals surface area contributed by atoms with E-state index in [0.29, 0.717) is 17.9 Å². The van der Waals surface area contributed by atoms with Crippen LogP contribution in [0.1, 0.15) is 26.7 Å². The molecule has 0 amide bonds. The van der Waals surface area contributed by atoms with Gasteiger partial charge in [-0.3, -0.25) is 0 Å². The molecule has 2 unspecified atom stereocenters. The van der Waals surface area contributed by atoms with Crippen molar-refractivity contribution in [2.75, 3.05) is 6.61 Å². The third-order valence-corrected chi connectivity index (χ3v) is 2.57. The molecule has 48 valence electrons. The van der Waals surface area contributed by atoms with Crippen molar-refractivity contribution in [3.05, 3.63) is 0 Å². The van der Waals surface area contributed by atoms with Crippen LogP contribution in [0, 0.1) is 11.3 Å². The molecule has 0 spiro atoms. The molecule has 1 aliphatic rings. The maximum atomic E-state index is 8.67. The normalized spacial score (nSPS) is 44.6. The minimum absolute atomic E-state index is 0.393. The molecule has 0 bridgehead atoms. The van der Waals surface area contributed by atoms with Gasteiger partial charge in [0.05, 0.1) is 0 Å². The van der Waals surface area contributed by atoms with Crippen molar-refractivity contribution in [2.45, 2.75) is 26.7 Å². The molecule has 1 nitrogen and oxygen atoms in total. The smallest absolute Gasteiger partial charge is 0.0464 e. The summed E-state index contributed by atoms with van der Waals surface area (Å²) in [6.45, 7) is 4.83. The van der Waals surface area contributed by atoms with Gasteiger partial charge in [-0.2, -0.15) is 0 Å². The summed E-state index contributed by atoms with van der Waals surface area (Å²) in [5.74, 6) is 0.618. The van der Waals surface area contributed by atoms with Crippen molar-refractivity contribution >= 4 is 0 Å². The SMILES string of the molecule is CCC1(C)CC1CO. The van der Waals surface area contributed by atoms with E-state index in [0.717, 1.165) is 0 Å². The Labute approximate surface area is 50.7 Å². The van der Waals surface area contributed by atoms with E-state index >= 15 is 0 Å². The fourth-order valence-electron chi connectivity index (χ4n) is 1.22. The summed E-state index contributed by atoms with van der Waals surface area (Å²) < 4.78 is 0. The lowest BCUT2D eigenvalue weighted by Gasteiger charge is -2.02. The second-order valence-electron chi connectivity index (χ2n) is 3.09. The molecule has 1 heteroatoms. The van der Waals surface area contributed by atoms with Gasteiger partial charge in [-0.25, -0.2) is 0 Å². The summed E-state index contributed by atoms with van der Waals surface area (Å²) in [4.78, 5) is 0. The fourth-order valence-corrected chi connectivity index (χ4v) is 1.22. The van der Waals surface area contributed by atoms with Crippen molar-refractivity contribution < 1.29 is 5.11 Å². The van der Waals surface area contributed by atoms with Gasteiger partial charge in [-0.15, -0.1) is 0 Å². The van der Waals surface area contributed by atoms with Crippen LogP contribution in [0.4, 0.5) is 0 Å². The van der Waals surface area contributed by atoms with Crippen molar-refractivity contribution in [2.24, 2.45) is 11.3 Å². The van der Waals surface area contributed by atoms with Gasteiger partial charge in [-0.1, -0.05) is 20.3 Å². The zero-order valence-electron chi connectivity index (χ0n) is 5.65. The maximum absolute atomic E-state index is 8.67. The van der Waals surface area contributed by atoms with Crippen molar-refractivity contribution in [3.8, 4) is 0 Å². The van der Waals surface area contributed by atoms with Crippen LogP contribution in [0.3, 0.4) is 0 Å². The van der Waals surface area contributed by atoms with Crippen LogP contribution in [-0.2, 0) is 0 Å². The van der Waals surface area contributed by atoms with Crippen LogP contribution >= 0.6 is 0 Å². The molecular weight excluding hydrogens is 100 g/mol. The highest BCUT2D eigenvalue weighted by molar-refractivity contribution is 4.96. The average molecular weight is 114 g/mol. The molecule has 0 radical (unpaired) electrons. The van der Waals surface area contributed by atoms with E-state index in [1.807, 2.05) is 0 Å². The summed E-state index contributed by atoms with van der Waals surface area (Å²) in [6, 6.07) is 0. The molecule has 0 aromatic rings. The van der Waals surface area contributed by atoms with Gasteiger partial charge in [0.2, 0.25) is 0 Å². The summed E-state index contributed by atoms with van der Waals surface area (Å²) in [7, 11) is 0. The van der Waals surface area contributed by atoms with E-state index in [-0.39, 0.29) is 0 Å². The Bertz CT molecular complexity index is 90.4. The second kappa shape index (κ2) is 1.73. The highest BCUT2D eigenvalue weighted by Gasteiger charge is 2.47. The summed E-state index contributed by atoms with van der Waals surface area (Å²) in [5, 5.41) is 8.67. The van der Waals surface area contributed by atoms with Crippen LogP contribution in [-0.4, -0.2) is 11.7 Å². The Morgan fingerprint density at radius 3 is 2.50 bits per heavy atom. The summed E-state index contributed by atoms with van der Waals surface area (Å²) in [5.41, 5.74) is 0.509. The van der Waals surface area contributed by atoms with Crippen LogP contribution in [0.2, 0.25) is 0 Å². The van der Waals surface area contributed by atoms with Crippen LogP contribution in [0.15, 0.2) is 0 Å². The minimum Gasteiger partial charge on any atom is -0.396 e. The first-order valence-corrected chi connectivity index (χ1v) is 3.34. The van der Waals surface area contributed by atoms with Gasteiger partial charge >= 0.3 is 0 Å². The standard InChI is InChI=1S/C7H14O/c1-3-7(2)4-6(7)5-8/h6,8H,3-5H2,1-2H3. The Hall–Kier alpha value is -0.0400. The van der Waals surface area contributed by atoms with Crippen LogP contribution < -0.4 is 0 Å². The van der Waals surface area contributed by atoms with E-state index < -0.39 is 0 Å². The lowest BCUT2D eigenvalue weighted by Crippen LogP contribution is -1.97. The van der Waals surface area contributed by atoms with Crippen molar-refractivity contribution in [1.82, 2.24) is 0 Å². The summed E-state index contributed by atoms with van der Waals surface area (Å²) >= 11 is 0. The van der Waals surface area contributed by atoms with E-state index in [1.165, 1.54) is 12.8 Å². The maximum Gasteiger partial charge on any atom is 0.0464 e. The number of aliphatic hydroxyl groups excluding tert-OH is 1. The number of rotatable bonds is 2. The molecular formula is C7H14O. The van der Waals surface area contributed by atoms with Gasteiger partial charge in [-0.05, 0) is 17.8 Å². The molecule has 0 aliphatic heterocycles. The van der Waals surface area contributed by atoms with E-state index in [4.69, 9.17) is 5.11 Å². The number of hydrogen-bond acceptors (Lipinski definition) is 1. The molecule has 0 saturated heterocycles. The van der Waals surface area contributed by atoms with Gasteiger partial charge in [0.1, 0.15) is 0 Å². The third kappa shape index (κ3) is 0.752. The molecule has 8 heavy (non-hydrogen) atoms. The Kier molecular flexibility index (Phi) is 1.31. The van der Waals surface area contributed by atoms with Crippen molar-refractivity contribution in [1.29, 1.82) is 0 Å². The van der Waals surface area contributed by atoms with Crippen molar-refractivity contribution in [3.63, 3.8) is 0 Å². The molecule has 1 N–H and O–H groups in total. The lowest BCUT2D eigenvalue weighted by molar-refractivity contribution is 0.251. The summed E-state index contributed by atoms with van der Waals surface area (Å²) in [6.07, 6.45) is 2.46. The zero-order chi connectivity index (χ0) is 6.20. The third-order valence-electron chi connectivity index (χ3n) is 2.57. The molecule has 1 fully saturated rings. The topological polar surface area (TPSA) is 20.2 Å². The highest BCUT2D eigenvalue weighted by atomic mass is 16.3. The van der Waals surface area contributed by atoms with Gasteiger partial charge in [0.15, 0.2) is 0 Å². The second-order valence-corrected chi connectivity index (χ2v) is 3.09. The minimum atomic E-state index is 0.393. The fraction of sp³-hybridized carbons (Fsp3) is 1.00. The number of hydrogen-bond donors (Lipinski definition) is 1.